The number of nitrogens with one attached hydrogen (secondary N) is 2. The van der Waals surface area contributed by atoms with Crippen LogP contribution < -0.4 is 21.3 Å². The van der Waals surface area contributed by atoms with Gasteiger partial charge in [-0.25, -0.2) is 4.79 Å². The molecule has 0 aliphatic carbocycles. The van der Waals surface area contributed by atoms with E-state index in [9.17, 15) is 9.59 Å². The van der Waals surface area contributed by atoms with E-state index in [1.807, 2.05) is 20.8 Å². The van der Waals surface area contributed by atoms with Crippen molar-refractivity contribution >= 4 is 23.3 Å². The van der Waals surface area contributed by atoms with Gasteiger partial charge in [0, 0.05) is 50.3 Å². The first-order valence-corrected chi connectivity index (χ1v) is 13.7. The second kappa shape index (κ2) is 12.7. The predicted octanol–water partition coefficient (Wildman–Crippen LogP) is 3.75. The second-order valence-electron chi connectivity index (χ2n) is 11.4. The summed E-state index contributed by atoms with van der Waals surface area (Å²) >= 11 is 0. The molecule has 2 aliphatic heterocycles. The lowest BCUT2D eigenvalue weighted by molar-refractivity contribution is -0.117. The largest absolute Gasteiger partial charge is 0.456 e. The predicted molar refractivity (Wildman–Crippen MR) is 151 cm³/mol. The van der Waals surface area contributed by atoms with Gasteiger partial charge in [0.25, 0.3) is 0 Å². The molecule has 1 unspecified atom stereocenters. The second-order valence-corrected chi connectivity index (χ2v) is 11.4. The Bertz CT molecular complexity index is 1060. The molecule has 2 heterocycles. The first-order valence-electron chi connectivity index (χ1n) is 13.7. The number of carbonyl (C=O) groups is 2. The maximum atomic E-state index is 12.7. The molecule has 1 amide bonds. The normalized spacial score (nSPS) is 19.6. The summed E-state index contributed by atoms with van der Waals surface area (Å²) in [5.74, 6) is 0.0596. The average molecular weight is 523 g/mol. The van der Waals surface area contributed by atoms with Gasteiger partial charge in [0.05, 0.1) is 11.6 Å². The van der Waals surface area contributed by atoms with E-state index < -0.39 is 17.6 Å². The monoisotopic (exact) mass is 522 g/mol. The van der Waals surface area contributed by atoms with Crippen molar-refractivity contribution in [1.82, 2.24) is 5.32 Å². The average Bonchev–Trinajstić information content (AvgIpc) is 2.89. The number of piperazine rings is 1. The Kier molecular flexibility index (Phi) is 9.41. The Morgan fingerprint density at radius 2 is 1.79 bits per heavy atom. The Morgan fingerprint density at radius 1 is 1.11 bits per heavy atom. The van der Waals surface area contributed by atoms with Crippen molar-refractivity contribution < 1.29 is 19.1 Å². The fraction of sp³-hybridized carbons (Fsp3) is 0.533. The quantitative estimate of drug-likeness (QED) is 0.454. The fourth-order valence-electron chi connectivity index (χ4n) is 5.11. The van der Waals surface area contributed by atoms with Crippen LogP contribution in [0.3, 0.4) is 0 Å². The molecule has 8 nitrogen and oxygen atoms in total. The SMILES string of the molecule is CC(C)(C)OC(=O)c1ccc(NC(=O)[C@@H](N)Cc2ccc(N3CCNCC3CC3CCOCC3)cc2)cc1. The summed E-state index contributed by atoms with van der Waals surface area (Å²) in [5, 5.41) is 6.40. The van der Waals surface area contributed by atoms with Gasteiger partial charge in [-0.15, -0.1) is 0 Å². The molecule has 0 aromatic heterocycles. The van der Waals surface area contributed by atoms with Gasteiger partial charge >= 0.3 is 5.97 Å². The van der Waals surface area contributed by atoms with Crippen molar-refractivity contribution in [2.24, 2.45) is 11.7 Å². The van der Waals surface area contributed by atoms with E-state index in [1.165, 1.54) is 12.1 Å². The molecule has 0 radical (unpaired) electrons. The topological polar surface area (TPSA) is 106 Å². The van der Waals surface area contributed by atoms with Crippen LogP contribution in [0.5, 0.6) is 0 Å². The van der Waals surface area contributed by atoms with E-state index in [-0.39, 0.29) is 5.91 Å². The maximum absolute atomic E-state index is 12.7. The van der Waals surface area contributed by atoms with Crippen LogP contribution in [-0.4, -0.2) is 62.4 Å². The minimum atomic E-state index is -0.688. The Morgan fingerprint density at radius 3 is 2.45 bits per heavy atom. The first kappa shape index (κ1) is 28.1. The zero-order valence-corrected chi connectivity index (χ0v) is 22.9. The van der Waals surface area contributed by atoms with Crippen molar-refractivity contribution in [1.29, 1.82) is 0 Å². The number of nitrogens with zero attached hydrogens (tertiary/aromatic N) is 1. The smallest absolute Gasteiger partial charge is 0.338 e. The van der Waals surface area contributed by atoms with Crippen LogP contribution in [-0.2, 0) is 20.7 Å². The number of benzene rings is 2. The molecule has 2 aromatic rings. The molecule has 38 heavy (non-hydrogen) atoms. The van der Waals surface area contributed by atoms with E-state index in [0.29, 0.717) is 23.7 Å². The lowest BCUT2D eigenvalue weighted by Crippen LogP contribution is -2.52. The van der Waals surface area contributed by atoms with Crippen molar-refractivity contribution in [2.75, 3.05) is 43.1 Å². The number of esters is 1. The van der Waals surface area contributed by atoms with Gasteiger partial charge in [0.15, 0.2) is 0 Å². The molecule has 0 bridgehead atoms. The molecule has 4 rings (SSSR count). The van der Waals surface area contributed by atoms with Crippen LogP contribution in [0, 0.1) is 5.92 Å². The van der Waals surface area contributed by atoms with Crippen LogP contribution in [0.1, 0.15) is 56.0 Å². The van der Waals surface area contributed by atoms with E-state index >= 15 is 0 Å². The van der Waals surface area contributed by atoms with Crippen LogP contribution >= 0.6 is 0 Å². The van der Waals surface area contributed by atoms with E-state index in [4.69, 9.17) is 15.2 Å². The molecule has 2 aromatic carbocycles. The number of hydrogen-bond acceptors (Lipinski definition) is 7. The lowest BCUT2D eigenvalue weighted by Gasteiger charge is -2.40. The summed E-state index contributed by atoms with van der Waals surface area (Å²) in [4.78, 5) is 27.4. The Hall–Kier alpha value is -2.94. The van der Waals surface area contributed by atoms with Gasteiger partial charge in [-0.05, 0) is 94.3 Å². The number of hydrogen-bond donors (Lipinski definition) is 3. The summed E-state index contributed by atoms with van der Waals surface area (Å²) in [6.07, 6.45) is 3.92. The highest BCUT2D eigenvalue weighted by molar-refractivity contribution is 5.96. The van der Waals surface area contributed by atoms with Crippen molar-refractivity contribution in [3.63, 3.8) is 0 Å². The van der Waals surface area contributed by atoms with Crippen LogP contribution in [0.2, 0.25) is 0 Å². The van der Waals surface area contributed by atoms with Gasteiger partial charge in [-0.1, -0.05) is 12.1 Å². The van der Waals surface area contributed by atoms with Crippen molar-refractivity contribution in [3.05, 3.63) is 59.7 Å². The molecule has 2 saturated heterocycles. The molecular formula is C30H42N4O4. The highest BCUT2D eigenvalue weighted by atomic mass is 16.6. The lowest BCUT2D eigenvalue weighted by atomic mass is 9.91. The first-order chi connectivity index (χ1) is 18.2. The number of carbonyl (C=O) groups excluding carboxylic acids is 2. The molecule has 206 valence electrons. The maximum Gasteiger partial charge on any atom is 0.338 e. The zero-order valence-electron chi connectivity index (χ0n) is 22.9. The Labute approximate surface area is 226 Å². The van der Waals surface area contributed by atoms with Gasteiger partial charge < -0.3 is 30.7 Å². The summed E-state index contributed by atoms with van der Waals surface area (Å²) in [6.45, 7) is 10.2. The molecule has 4 N–H and O–H groups in total. The number of anilines is 2. The Balaban J connectivity index is 1.30. The van der Waals surface area contributed by atoms with Crippen molar-refractivity contribution in [2.45, 2.75) is 64.1 Å². The molecule has 2 fully saturated rings. The highest BCUT2D eigenvalue weighted by Crippen LogP contribution is 2.27. The van der Waals surface area contributed by atoms with Crippen LogP contribution in [0.4, 0.5) is 11.4 Å². The van der Waals surface area contributed by atoms with Crippen LogP contribution in [0.15, 0.2) is 48.5 Å². The van der Waals surface area contributed by atoms with Crippen molar-refractivity contribution in [3.8, 4) is 0 Å². The molecule has 2 atom stereocenters. The highest BCUT2D eigenvalue weighted by Gasteiger charge is 2.27. The summed E-state index contributed by atoms with van der Waals surface area (Å²) in [6, 6.07) is 14.9. The van der Waals surface area contributed by atoms with E-state index in [2.05, 4.69) is 39.8 Å². The van der Waals surface area contributed by atoms with Gasteiger partial charge in [-0.3, -0.25) is 4.79 Å². The van der Waals surface area contributed by atoms with Gasteiger partial charge in [-0.2, -0.15) is 0 Å². The molecule has 0 saturated carbocycles. The van der Waals surface area contributed by atoms with Crippen LogP contribution in [0.25, 0.3) is 0 Å². The minimum absolute atomic E-state index is 0.266. The molecular weight excluding hydrogens is 480 g/mol. The number of ether oxygens (including phenoxy) is 2. The third-order valence-corrected chi connectivity index (χ3v) is 7.14. The summed E-state index contributed by atoms with van der Waals surface area (Å²) in [7, 11) is 0. The summed E-state index contributed by atoms with van der Waals surface area (Å²) < 4.78 is 10.9. The zero-order chi connectivity index (χ0) is 27.1. The minimum Gasteiger partial charge on any atom is -0.456 e. The number of amides is 1. The van der Waals surface area contributed by atoms with E-state index in [1.54, 1.807) is 24.3 Å². The molecule has 8 heteroatoms. The third-order valence-electron chi connectivity index (χ3n) is 7.14. The summed E-state index contributed by atoms with van der Waals surface area (Å²) in [5.41, 5.74) is 8.93. The number of nitrogens with two attached hydrogens (primary N) is 1. The standard InChI is InChI=1S/C30H42N4O4/c1-30(2,3)38-29(36)23-6-8-24(9-7-23)33-28(35)27(31)19-21-4-10-25(11-5-21)34-15-14-32-20-26(34)18-22-12-16-37-17-13-22/h4-11,22,26-27,32H,12-20,31H2,1-3H3,(H,33,35)/t26?,27-/m0/s1. The van der Waals surface area contributed by atoms with Gasteiger partial charge in [0.2, 0.25) is 5.91 Å². The number of rotatable bonds is 8. The third kappa shape index (κ3) is 8.03. The molecule has 0 spiro atoms. The van der Waals surface area contributed by atoms with Gasteiger partial charge in [0.1, 0.15) is 5.60 Å². The van der Waals surface area contributed by atoms with E-state index in [0.717, 1.165) is 57.2 Å². The fourth-order valence-corrected chi connectivity index (χ4v) is 5.11. The molecule has 2 aliphatic rings.